The molecule has 48 heavy (non-hydrogen) atoms. The minimum absolute atomic E-state index is 0.0229. The van der Waals surface area contributed by atoms with Crippen molar-refractivity contribution in [3.05, 3.63) is 59.1 Å². The topological polar surface area (TPSA) is 118 Å². The molecule has 8 rings (SSSR count). The summed E-state index contributed by atoms with van der Waals surface area (Å²) < 4.78 is 1.84. The Morgan fingerprint density at radius 2 is 1.65 bits per heavy atom. The summed E-state index contributed by atoms with van der Waals surface area (Å²) in [5.41, 5.74) is 4.89. The van der Waals surface area contributed by atoms with E-state index in [1.54, 1.807) is 18.5 Å². The number of fused-ring (bicyclic) bond motifs is 9. The zero-order chi connectivity index (χ0) is 34.2. The van der Waals surface area contributed by atoms with Gasteiger partial charge in [0.2, 0.25) is 0 Å². The second-order valence-corrected chi connectivity index (χ2v) is 17.6. The van der Waals surface area contributed by atoms with Crippen molar-refractivity contribution in [1.29, 1.82) is 0 Å². The number of carboxylic acids is 2. The highest BCUT2D eigenvalue weighted by Gasteiger charge is 2.69. The highest BCUT2D eigenvalue weighted by molar-refractivity contribution is 5.88. The Bertz CT molecular complexity index is 1890. The number of hydrogen-bond acceptors (Lipinski definition) is 5. The SMILES string of the molecule is C[C@@H]1CC[C@]2(C(=O)O)CC[C@]3(C)C(=CCC4[C@@]5(C)Cc6c(nc7ncnn7c6-c6ccc(C(=O)O)cc6)C(C)(C)C5CC[C@]43C)C2[C@H]1C. The lowest BCUT2D eigenvalue weighted by molar-refractivity contribution is -0.179. The van der Waals surface area contributed by atoms with Crippen LogP contribution >= 0.6 is 0 Å². The molecule has 2 heterocycles. The molecular formula is C40H50N4O4. The Kier molecular flexibility index (Phi) is 6.61. The van der Waals surface area contributed by atoms with Crippen LogP contribution in [0.15, 0.2) is 42.2 Å². The van der Waals surface area contributed by atoms with E-state index in [4.69, 9.17) is 4.98 Å². The van der Waals surface area contributed by atoms with Crippen LogP contribution in [0.1, 0.15) is 115 Å². The lowest BCUT2D eigenvalue weighted by atomic mass is 9.33. The van der Waals surface area contributed by atoms with Gasteiger partial charge in [-0.15, -0.1) is 0 Å². The van der Waals surface area contributed by atoms with Gasteiger partial charge in [0.25, 0.3) is 5.78 Å². The van der Waals surface area contributed by atoms with Crippen molar-refractivity contribution >= 4 is 17.7 Å². The zero-order valence-electron chi connectivity index (χ0n) is 29.5. The van der Waals surface area contributed by atoms with Gasteiger partial charge in [-0.25, -0.2) is 9.78 Å². The molecule has 8 heteroatoms. The minimum Gasteiger partial charge on any atom is -0.481 e. The first-order chi connectivity index (χ1) is 22.6. The molecule has 5 aliphatic rings. The number of allylic oxidation sites excluding steroid dienone is 2. The lowest BCUT2D eigenvalue weighted by Crippen LogP contribution is -2.65. The van der Waals surface area contributed by atoms with E-state index in [0.29, 0.717) is 29.4 Å². The van der Waals surface area contributed by atoms with Crippen molar-refractivity contribution in [1.82, 2.24) is 19.6 Å². The molecule has 0 spiro atoms. The van der Waals surface area contributed by atoms with Crippen molar-refractivity contribution < 1.29 is 19.8 Å². The molecule has 2 N–H and O–H groups in total. The van der Waals surface area contributed by atoms with Crippen molar-refractivity contribution in [3.63, 3.8) is 0 Å². The van der Waals surface area contributed by atoms with E-state index in [2.05, 4.69) is 64.6 Å². The van der Waals surface area contributed by atoms with Crippen LogP contribution in [0, 0.1) is 51.2 Å². The van der Waals surface area contributed by atoms with Crippen molar-refractivity contribution in [3.8, 4) is 11.3 Å². The van der Waals surface area contributed by atoms with Crippen LogP contribution in [0.4, 0.5) is 0 Å². The van der Waals surface area contributed by atoms with Crippen LogP contribution in [0.25, 0.3) is 17.0 Å². The maximum atomic E-state index is 13.1. The summed E-state index contributed by atoms with van der Waals surface area (Å²) in [7, 11) is 0. The van der Waals surface area contributed by atoms with Crippen molar-refractivity contribution in [2.45, 2.75) is 105 Å². The highest BCUT2D eigenvalue weighted by Crippen LogP contribution is 2.75. The number of aromatic carboxylic acids is 1. The normalized spacial score (nSPS) is 39.6. The standard InChI is InChI=1S/C40H50N4O4/c1-22-14-17-40(34(47)48)19-18-38(6)27(30(40)23(22)2)12-13-29-37(5)20-26-31(24-8-10-25(11-9-24)33(45)46)44-35(41-21-42-44)43-32(26)36(3,4)28(37)15-16-39(29,38)7/h8-12,21-23,28-30H,13-20H2,1-7H3,(H,45,46)(H,47,48)/t22-,23+,28?,29?,30?,37+,38-,39-,40+/m1/s1. The monoisotopic (exact) mass is 650 g/mol. The molecule has 0 bridgehead atoms. The highest BCUT2D eigenvalue weighted by atomic mass is 16.4. The van der Waals surface area contributed by atoms with Gasteiger partial charge < -0.3 is 10.2 Å². The number of benzene rings is 1. The quantitative estimate of drug-likeness (QED) is 0.274. The average molecular weight is 651 g/mol. The summed E-state index contributed by atoms with van der Waals surface area (Å²) in [6.07, 6.45) is 11.6. The van der Waals surface area contributed by atoms with Crippen LogP contribution in [-0.4, -0.2) is 41.7 Å². The predicted octanol–water partition coefficient (Wildman–Crippen LogP) is 8.25. The average Bonchev–Trinajstić information content (AvgIpc) is 3.50. The van der Waals surface area contributed by atoms with E-state index in [1.807, 2.05) is 16.6 Å². The van der Waals surface area contributed by atoms with Crippen LogP contribution < -0.4 is 0 Å². The summed E-state index contributed by atoms with van der Waals surface area (Å²) in [6, 6.07) is 7.13. The number of carbonyl (C=O) groups is 2. The molecule has 1 aromatic carbocycles. The van der Waals surface area contributed by atoms with Crippen molar-refractivity contribution in [2.24, 2.45) is 51.2 Å². The molecule has 254 valence electrons. The number of rotatable bonds is 3. The second kappa shape index (κ2) is 10.0. The van der Waals surface area contributed by atoms with Crippen molar-refractivity contribution in [2.75, 3.05) is 0 Å². The molecule has 3 fully saturated rings. The Balaban J connectivity index is 1.29. The fourth-order valence-electron chi connectivity index (χ4n) is 12.8. The third kappa shape index (κ3) is 3.80. The van der Waals surface area contributed by atoms with E-state index in [-0.39, 0.29) is 33.1 Å². The van der Waals surface area contributed by atoms with Gasteiger partial charge in [-0.05, 0) is 109 Å². The van der Waals surface area contributed by atoms with Gasteiger partial charge in [0.1, 0.15) is 6.33 Å². The maximum Gasteiger partial charge on any atom is 0.335 e. The summed E-state index contributed by atoms with van der Waals surface area (Å²) >= 11 is 0. The molecule has 0 radical (unpaired) electrons. The zero-order valence-corrected chi connectivity index (χ0v) is 29.5. The van der Waals surface area contributed by atoms with E-state index in [9.17, 15) is 19.8 Å². The van der Waals surface area contributed by atoms with E-state index in [0.717, 1.165) is 68.3 Å². The maximum absolute atomic E-state index is 13.1. The van der Waals surface area contributed by atoms with E-state index < -0.39 is 17.4 Å². The Morgan fingerprint density at radius 3 is 2.33 bits per heavy atom. The fraction of sp³-hybridized carbons (Fsp3) is 0.625. The number of aliphatic carboxylic acids is 1. The van der Waals surface area contributed by atoms with Gasteiger partial charge in [-0.3, -0.25) is 4.79 Å². The number of nitrogens with zero attached hydrogens (tertiary/aromatic N) is 4. The summed E-state index contributed by atoms with van der Waals surface area (Å²) in [5.74, 6) is 0.815. The van der Waals surface area contributed by atoms with E-state index in [1.165, 1.54) is 11.1 Å². The summed E-state index contributed by atoms with van der Waals surface area (Å²) in [5, 5.41) is 25.0. The van der Waals surface area contributed by atoms with Gasteiger partial charge in [-0.1, -0.05) is 72.2 Å². The molecule has 3 saturated carbocycles. The second-order valence-electron chi connectivity index (χ2n) is 17.6. The smallest absolute Gasteiger partial charge is 0.335 e. The molecule has 3 aromatic rings. The van der Waals surface area contributed by atoms with Gasteiger partial charge in [0.05, 0.1) is 22.4 Å². The first-order valence-electron chi connectivity index (χ1n) is 18.1. The fourth-order valence-corrected chi connectivity index (χ4v) is 12.8. The Labute approximate surface area is 283 Å². The molecule has 2 aromatic heterocycles. The van der Waals surface area contributed by atoms with Gasteiger partial charge >= 0.3 is 11.9 Å². The molecule has 9 atom stereocenters. The van der Waals surface area contributed by atoms with Crippen LogP contribution in [0.5, 0.6) is 0 Å². The molecule has 8 nitrogen and oxygen atoms in total. The molecular weight excluding hydrogens is 600 g/mol. The number of hydrogen-bond donors (Lipinski definition) is 2. The third-order valence-corrected chi connectivity index (χ3v) is 15.7. The molecule has 0 aliphatic heterocycles. The lowest BCUT2D eigenvalue weighted by Gasteiger charge is -2.70. The minimum atomic E-state index is -0.944. The van der Waals surface area contributed by atoms with Gasteiger partial charge in [0, 0.05) is 16.5 Å². The first kappa shape index (κ1) is 31.7. The summed E-state index contributed by atoms with van der Waals surface area (Å²) in [4.78, 5) is 34.6. The van der Waals surface area contributed by atoms with E-state index >= 15 is 0 Å². The first-order valence-corrected chi connectivity index (χ1v) is 18.1. The van der Waals surface area contributed by atoms with Crippen LogP contribution in [0.2, 0.25) is 0 Å². The molecule has 0 amide bonds. The van der Waals surface area contributed by atoms with Gasteiger partial charge in [0.15, 0.2) is 0 Å². The third-order valence-electron chi connectivity index (χ3n) is 15.7. The van der Waals surface area contributed by atoms with Crippen LogP contribution in [0.3, 0.4) is 0 Å². The largest absolute Gasteiger partial charge is 0.481 e. The molecule has 5 aliphatic carbocycles. The Hall–Kier alpha value is -3.55. The number of aromatic nitrogens is 4. The predicted molar refractivity (Wildman–Crippen MR) is 183 cm³/mol. The Morgan fingerprint density at radius 1 is 0.917 bits per heavy atom. The molecule has 0 saturated heterocycles. The number of carboxylic acid groups (broad SMARTS) is 2. The van der Waals surface area contributed by atoms with Gasteiger partial charge in [-0.2, -0.15) is 14.6 Å². The molecule has 3 unspecified atom stereocenters. The summed E-state index contributed by atoms with van der Waals surface area (Å²) in [6.45, 7) is 17.0. The van der Waals surface area contributed by atoms with Crippen LogP contribution in [-0.2, 0) is 16.6 Å².